The molecule has 0 saturated heterocycles. The van der Waals surface area contributed by atoms with Gasteiger partial charge in [-0.15, -0.1) is 0 Å². The lowest BCUT2D eigenvalue weighted by Crippen LogP contribution is -2.24. The number of nitrogens with zero attached hydrogens (tertiary/aromatic N) is 1. The van der Waals surface area contributed by atoms with E-state index in [4.69, 9.17) is 10.00 Å². The number of aliphatic hydroxyl groups excluding tert-OH is 1. The van der Waals surface area contributed by atoms with Gasteiger partial charge in [0.1, 0.15) is 29.1 Å². The summed E-state index contributed by atoms with van der Waals surface area (Å²) in [6.45, 7) is 0.996. The Morgan fingerprint density at radius 3 is 2.61 bits per heavy atom. The van der Waals surface area contributed by atoms with Gasteiger partial charge in [0.25, 0.3) is 0 Å². The lowest BCUT2D eigenvalue weighted by atomic mass is 10.0. The zero-order valence-electron chi connectivity index (χ0n) is 14.3. The number of halogens is 4. The van der Waals surface area contributed by atoms with Crippen molar-refractivity contribution in [2.75, 3.05) is 0 Å². The Labute approximate surface area is 157 Å². The van der Waals surface area contributed by atoms with Gasteiger partial charge in [-0.3, -0.25) is 0 Å². The van der Waals surface area contributed by atoms with Gasteiger partial charge in [0, 0.05) is 23.6 Å². The molecular weight excluding hydrogens is 402 g/mol. The summed E-state index contributed by atoms with van der Waals surface area (Å²) in [6, 6.07) is 6.63. The summed E-state index contributed by atoms with van der Waals surface area (Å²) in [5.41, 5.74) is -3.02. The van der Waals surface area contributed by atoms with Gasteiger partial charge < -0.3 is 9.84 Å². The quantitative estimate of drug-likeness (QED) is 0.768. The van der Waals surface area contributed by atoms with Crippen LogP contribution in [0.1, 0.15) is 29.7 Å². The smallest absolute Gasteiger partial charge is 0.341 e. The highest BCUT2D eigenvalue weighted by molar-refractivity contribution is 7.91. The van der Waals surface area contributed by atoms with E-state index in [0.29, 0.717) is 0 Å². The van der Waals surface area contributed by atoms with Crippen molar-refractivity contribution in [3.63, 3.8) is 0 Å². The Kier molecular flexibility index (Phi) is 4.85. The van der Waals surface area contributed by atoms with E-state index in [1.165, 1.54) is 6.07 Å². The number of fused-ring (bicyclic) bond motifs is 1. The second-order valence-corrected chi connectivity index (χ2v) is 8.39. The van der Waals surface area contributed by atoms with Crippen molar-refractivity contribution in [2.45, 2.75) is 35.8 Å². The first kappa shape index (κ1) is 20.1. The van der Waals surface area contributed by atoms with Crippen molar-refractivity contribution in [3.05, 3.63) is 52.8 Å². The standard InChI is InChI=1S/C18H13F4NO4S/c1-18(22)7-12-13(27-11-5-9(8-23)4-10(19)6-11)2-3-14(15(12)16(18)24)28(25,26)17(20)21/h2-6,16-17,24H,7H2,1H3/t16-,18?/m0/s1. The molecule has 3 rings (SSSR count). The summed E-state index contributed by atoms with van der Waals surface area (Å²) in [5.74, 6) is -4.82. The van der Waals surface area contributed by atoms with Crippen molar-refractivity contribution in [3.8, 4) is 17.6 Å². The van der Waals surface area contributed by atoms with E-state index in [-0.39, 0.29) is 22.6 Å². The zero-order valence-corrected chi connectivity index (χ0v) is 15.1. The molecule has 0 aliphatic heterocycles. The number of benzene rings is 2. The molecule has 0 saturated carbocycles. The largest absolute Gasteiger partial charge is 0.457 e. The SMILES string of the molecule is CC1(F)Cc2c(Oc3cc(F)cc(C#N)c3)ccc(S(=O)(=O)C(F)F)c2[C@@H]1O. The fraction of sp³-hybridized carbons (Fsp3) is 0.278. The minimum Gasteiger partial charge on any atom is -0.457 e. The van der Waals surface area contributed by atoms with Crippen LogP contribution in [0.25, 0.3) is 0 Å². The van der Waals surface area contributed by atoms with E-state index in [1.807, 2.05) is 0 Å². The summed E-state index contributed by atoms with van der Waals surface area (Å²) in [7, 11) is -5.11. The van der Waals surface area contributed by atoms with Crippen LogP contribution in [0.4, 0.5) is 17.6 Å². The molecule has 2 aromatic rings. The summed E-state index contributed by atoms with van der Waals surface area (Å²) in [4.78, 5) is -0.893. The average Bonchev–Trinajstić information content (AvgIpc) is 2.85. The molecule has 0 heterocycles. The number of ether oxygens (including phenoxy) is 1. The number of hydrogen-bond acceptors (Lipinski definition) is 5. The van der Waals surface area contributed by atoms with Gasteiger partial charge >= 0.3 is 5.76 Å². The van der Waals surface area contributed by atoms with Gasteiger partial charge in [-0.05, 0) is 31.2 Å². The molecule has 1 aliphatic rings. The molecule has 0 bridgehead atoms. The average molecular weight is 415 g/mol. The maximum absolute atomic E-state index is 14.7. The molecule has 2 atom stereocenters. The molecule has 0 amide bonds. The fourth-order valence-corrected chi connectivity index (χ4v) is 4.09. The van der Waals surface area contributed by atoms with Crippen LogP contribution >= 0.6 is 0 Å². The Morgan fingerprint density at radius 2 is 2.00 bits per heavy atom. The van der Waals surface area contributed by atoms with E-state index in [9.17, 15) is 31.1 Å². The van der Waals surface area contributed by atoms with Crippen molar-refractivity contribution in [1.82, 2.24) is 0 Å². The Bertz CT molecular complexity index is 1090. The maximum atomic E-state index is 14.7. The van der Waals surface area contributed by atoms with Crippen LogP contribution in [-0.4, -0.2) is 25.0 Å². The fourth-order valence-electron chi connectivity index (χ4n) is 3.10. The van der Waals surface area contributed by atoms with Gasteiger partial charge in [-0.2, -0.15) is 14.0 Å². The maximum Gasteiger partial charge on any atom is 0.341 e. The van der Waals surface area contributed by atoms with Crippen molar-refractivity contribution in [2.24, 2.45) is 0 Å². The van der Waals surface area contributed by atoms with Gasteiger partial charge in [0.05, 0.1) is 16.5 Å². The van der Waals surface area contributed by atoms with Crippen LogP contribution in [0.15, 0.2) is 35.2 Å². The summed E-state index contributed by atoms with van der Waals surface area (Å²) in [6.07, 6.45) is -2.48. The van der Waals surface area contributed by atoms with Crippen LogP contribution in [0, 0.1) is 17.1 Å². The molecule has 0 fully saturated rings. The molecular formula is C18H13F4NO4S. The van der Waals surface area contributed by atoms with E-state index in [1.54, 1.807) is 6.07 Å². The first-order valence-electron chi connectivity index (χ1n) is 7.90. The number of nitriles is 1. The number of aliphatic hydroxyl groups is 1. The van der Waals surface area contributed by atoms with E-state index >= 15 is 0 Å². The van der Waals surface area contributed by atoms with Gasteiger partial charge in [-0.25, -0.2) is 17.2 Å². The number of hydrogen-bond donors (Lipinski definition) is 1. The van der Waals surface area contributed by atoms with Gasteiger partial charge in [-0.1, -0.05) is 0 Å². The highest BCUT2D eigenvalue weighted by atomic mass is 32.2. The molecule has 10 heteroatoms. The third-order valence-corrected chi connectivity index (χ3v) is 5.85. The molecule has 1 N–H and O–H groups in total. The van der Waals surface area contributed by atoms with Gasteiger partial charge in [0.15, 0.2) is 0 Å². The molecule has 2 aromatic carbocycles. The summed E-state index contributed by atoms with van der Waals surface area (Å²) in [5, 5.41) is 19.1. The topological polar surface area (TPSA) is 87.4 Å². The van der Waals surface area contributed by atoms with E-state index in [0.717, 1.165) is 31.2 Å². The number of sulfone groups is 1. The molecule has 1 unspecified atom stereocenters. The first-order chi connectivity index (χ1) is 13.0. The number of alkyl halides is 3. The highest BCUT2D eigenvalue weighted by Gasteiger charge is 2.47. The monoisotopic (exact) mass is 415 g/mol. The summed E-state index contributed by atoms with van der Waals surface area (Å²) >= 11 is 0. The van der Waals surface area contributed by atoms with Crippen LogP contribution in [0.2, 0.25) is 0 Å². The van der Waals surface area contributed by atoms with Crippen LogP contribution in [0.3, 0.4) is 0 Å². The Balaban J connectivity index is 2.17. The highest BCUT2D eigenvalue weighted by Crippen LogP contribution is 2.49. The molecule has 0 spiro atoms. The second kappa shape index (κ2) is 6.76. The van der Waals surface area contributed by atoms with E-state index < -0.39 is 50.1 Å². The zero-order chi connectivity index (χ0) is 20.9. The minimum absolute atomic E-state index is 0.0566. The Hall–Kier alpha value is -2.64. The molecule has 0 radical (unpaired) electrons. The molecule has 5 nitrogen and oxygen atoms in total. The first-order valence-corrected chi connectivity index (χ1v) is 9.45. The second-order valence-electron chi connectivity index (χ2n) is 6.51. The van der Waals surface area contributed by atoms with E-state index in [2.05, 4.69) is 0 Å². The predicted molar refractivity (Wildman–Crippen MR) is 89.0 cm³/mol. The van der Waals surface area contributed by atoms with Crippen molar-refractivity contribution >= 4 is 9.84 Å². The Morgan fingerprint density at radius 1 is 1.32 bits per heavy atom. The van der Waals surface area contributed by atoms with Crippen molar-refractivity contribution < 1.29 is 35.8 Å². The van der Waals surface area contributed by atoms with Crippen LogP contribution in [-0.2, 0) is 16.3 Å². The third-order valence-electron chi connectivity index (χ3n) is 4.41. The summed E-state index contributed by atoms with van der Waals surface area (Å²) < 4.78 is 83.6. The molecule has 0 aromatic heterocycles. The van der Waals surface area contributed by atoms with Crippen molar-refractivity contribution in [1.29, 1.82) is 5.26 Å². The minimum atomic E-state index is -5.11. The third kappa shape index (κ3) is 3.31. The predicted octanol–water partition coefficient (Wildman–Crippen LogP) is 3.80. The molecule has 1 aliphatic carbocycles. The van der Waals surface area contributed by atoms with Gasteiger partial charge in [0.2, 0.25) is 9.84 Å². The van der Waals surface area contributed by atoms with Crippen LogP contribution in [0.5, 0.6) is 11.5 Å². The molecule has 148 valence electrons. The van der Waals surface area contributed by atoms with Crippen LogP contribution < -0.4 is 4.74 Å². The lowest BCUT2D eigenvalue weighted by molar-refractivity contribution is 0.0165. The lowest BCUT2D eigenvalue weighted by Gasteiger charge is -2.19. The normalized spacial score (nSPS) is 21.4. The number of rotatable bonds is 4. The molecule has 28 heavy (non-hydrogen) atoms.